The maximum atomic E-state index is 12.2. The summed E-state index contributed by atoms with van der Waals surface area (Å²) < 4.78 is 9.66. The van der Waals surface area contributed by atoms with Crippen LogP contribution in [0, 0.1) is 0 Å². The van der Waals surface area contributed by atoms with E-state index in [2.05, 4.69) is 4.74 Å². The van der Waals surface area contributed by atoms with Crippen LogP contribution in [0.25, 0.3) is 6.08 Å². The number of ether oxygens (including phenoxy) is 2. The van der Waals surface area contributed by atoms with E-state index in [1.54, 1.807) is 36.4 Å². The molecular weight excluding hydrogens is 344 g/mol. The first kappa shape index (κ1) is 18.6. The number of rotatable bonds is 6. The van der Waals surface area contributed by atoms with Crippen LogP contribution < -0.4 is 0 Å². The van der Waals surface area contributed by atoms with Crippen molar-refractivity contribution in [2.24, 2.45) is 0 Å². The van der Waals surface area contributed by atoms with Crippen molar-refractivity contribution in [2.75, 3.05) is 13.7 Å². The van der Waals surface area contributed by atoms with E-state index in [-0.39, 0.29) is 12.4 Å². The summed E-state index contributed by atoms with van der Waals surface area (Å²) in [7, 11) is 1.32. The Kier molecular flexibility index (Phi) is 5.81. The second-order valence-corrected chi connectivity index (χ2v) is 6.31. The maximum absolute atomic E-state index is 12.2. The lowest BCUT2D eigenvalue weighted by molar-refractivity contribution is -0.136. The normalized spacial score (nSPS) is 12.6. The van der Waals surface area contributed by atoms with Gasteiger partial charge >= 0.3 is 11.9 Å². The zero-order chi connectivity index (χ0) is 19.2. The average Bonchev–Trinajstić information content (AvgIpc) is 3.18. The highest BCUT2D eigenvalue weighted by Gasteiger charge is 2.14. The van der Waals surface area contributed by atoms with Gasteiger partial charge in [0, 0.05) is 11.6 Å². The van der Waals surface area contributed by atoms with Crippen molar-refractivity contribution in [3.05, 3.63) is 76.4 Å². The molecule has 0 aromatic heterocycles. The van der Waals surface area contributed by atoms with Crippen molar-refractivity contribution < 1.29 is 23.9 Å². The van der Waals surface area contributed by atoms with E-state index in [1.165, 1.54) is 24.3 Å². The summed E-state index contributed by atoms with van der Waals surface area (Å²) in [4.78, 5) is 35.4. The number of esters is 2. The first-order valence-electron chi connectivity index (χ1n) is 8.75. The Labute approximate surface area is 157 Å². The average molecular weight is 364 g/mol. The predicted octanol–water partition coefficient (Wildman–Crippen LogP) is 3.40. The molecule has 0 atom stereocenters. The minimum atomic E-state index is -0.596. The van der Waals surface area contributed by atoms with E-state index < -0.39 is 11.9 Å². The van der Waals surface area contributed by atoms with Crippen molar-refractivity contribution in [2.45, 2.75) is 19.3 Å². The zero-order valence-electron chi connectivity index (χ0n) is 15.1. The van der Waals surface area contributed by atoms with Crippen molar-refractivity contribution in [1.29, 1.82) is 0 Å². The number of ketones is 1. The van der Waals surface area contributed by atoms with Crippen LogP contribution in [-0.2, 0) is 27.1 Å². The standard InChI is InChI=1S/C22H20O5/c1-26-22(25)17-8-5-15(6-9-17)7-12-21(24)27-14-20(23)19-11-10-16-3-2-4-18(16)13-19/h5-13H,2-4,14H2,1H3/b12-7+. The molecule has 0 unspecified atom stereocenters. The quantitative estimate of drug-likeness (QED) is 0.446. The van der Waals surface area contributed by atoms with E-state index >= 15 is 0 Å². The number of carbonyl (C=O) groups is 3. The summed E-state index contributed by atoms with van der Waals surface area (Å²) in [5.41, 5.74) is 4.24. The lowest BCUT2D eigenvalue weighted by Gasteiger charge is -2.05. The lowest BCUT2D eigenvalue weighted by Crippen LogP contribution is -2.12. The molecule has 0 amide bonds. The van der Waals surface area contributed by atoms with Crippen molar-refractivity contribution in [1.82, 2.24) is 0 Å². The molecule has 0 aliphatic heterocycles. The number of Topliss-reactive ketones (excluding diaryl/α,β-unsaturated/α-hetero) is 1. The number of hydrogen-bond acceptors (Lipinski definition) is 5. The summed E-state index contributed by atoms with van der Waals surface area (Å²) >= 11 is 0. The van der Waals surface area contributed by atoms with Crippen LogP contribution in [0.15, 0.2) is 48.5 Å². The summed E-state index contributed by atoms with van der Waals surface area (Å²) in [6, 6.07) is 12.3. The van der Waals surface area contributed by atoms with Crippen LogP contribution in [0.2, 0.25) is 0 Å². The van der Waals surface area contributed by atoms with Gasteiger partial charge in [-0.3, -0.25) is 4.79 Å². The monoisotopic (exact) mass is 364 g/mol. The fourth-order valence-electron chi connectivity index (χ4n) is 3.03. The highest BCUT2D eigenvalue weighted by Crippen LogP contribution is 2.23. The van der Waals surface area contributed by atoms with Gasteiger partial charge in [-0.1, -0.05) is 24.3 Å². The van der Waals surface area contributed by atoms with Crippen LogP contribution in [-0.4, -0.2) is 31.4 Å². The number of aryl methyl sites for hydroxylation is 2. The molecule has 5 nitrogen and oxygen atoms in total. The molecule has 27 heavy (non-hydrogen) atoms. The van der Waals surface area contributed by atoms with Gasteiger partial charge in [0.1, 0.15) is 0 Å². The lowest BCUT2D eigenvalue weighted by atomic mass is 10.0. The summed E-state index contributed by atoms with van der Waals surface area (Å²) in [6.07, 6.45) is 5.98. The highest BCUT2D eigenvalue weighted by molar-refractivity contribution is 5.99. The minimum absolute atomic E-state index is 0.214. The second-order valence-electron chi connectivity index (χ2n) is 6.31. The summed E-state index contributed by atoms with van der Waals surface area (Å²) in [6.45, 7) is -0.288. The first-order valence-corrected chi connectivity index (χ1v) is 8.75. The Balaban J connectivity index is 1.52. The first-order chi connectivity index (χ1) is 13.1. The molecule has 1 aliphatic carbocycles. The van der Waals surface area contributed by atoms with E-state index in [0.717, 1.165) is 24.8 Å². The van der Waals surface area contributed by atoms with Gasteiger partial charge in [-0.05, 0) is 60.2 Å². The van der Waals surface area contributed by atoms with Crippen LogP contribution in [0.1, 0.15) is 43.8 Å². The van der Waals surface area contributed by atoms with Gasteiger partial charge in [0.15, 0.2) is 12.4 Å². The van der Waals surface area contributed by atoms with Gasteiger partial charge in [-0.25, -0.2) is 9.59 Å². The second kappa shape index (κ2) is 8.45. The molecule has 0 saturated heterocycles. The molecule has 0 heterocycles. The molecule has 0 fully saturated rings. The predicted molar refractivity (Wildman–Crippen MR) is 101 cm³/mol. The molecule has 0 bridgehead atoms. The van der Waals surface area contributed by atoms with Crippen molar-refractivity contribution in [3.63, 3.8) is 0 Å². The van der Waals surface area contributed by atoms with Crippen LogP contribution >= 0.6 is 0 Å². The Morgan fingerprint density at radius 2 is 1.67 bits per heavy atom. The largest absolute Gasteiger partial charge is 0.465 e. The molecule has 0 spiro atoms. The van der Waals surface area contributed by atoms with Gasteiger partial charge in [0.25, 0.3) is 0 Å². The molecule has 2 aromatic carbocycles. The van der Waals surface area contributed by atoms with Gasteiger partial charge in [0.2, 0.25) is 0 Å². The minimum Gasteiger partial charge on any atom is -0.465 e. The van der Waals surface area contributed by atoms with Crippen LogP contribution in [0.4, 0.5) is 0 Å². The molecule has 0 saturated carbocycles. The molecule has 138 valence electrons. The Morgan fingerprint density at radius 3 is 2.41 bits per heavy atom. The fourth-order valence-corrected chi connectivity index (χ4v) is 3.03. The molecule has 0 radical (unpaired) electrons. The fraction of sp³-hybridized carbons (Fsp3) is 0.227. The van der Waals surface area contributed by atoms with Gasteiger partial charge < -0.3 is 9.47 Å². The number of methoxy groups -OCH3 is 1. The van der Waals surface area contributed by atoms with Crippen LogP contribution in [0.5, 0.6) is 0 Å². The SMILES string of the molecule is COC(=O)c1ccc(/C=C/C(=O)OCC(=O)c2ccc3c(c2)CCC3)cc1. The zero-order valence-corrected chi connectivity index (χ0v) is 15.1. The molecule has 1 aliphatic rings. The third-order valence-corrected chi connectivity index (χ3v) is 4.51. The number of benzene rings is 2. The van der Waals surface area contributed by atoms with Crippen molar-refractivity contribution >= 4 is 23.8 Å². The van der Waals surface area contributed by atoms with Crippen molar-refractivity contribution in [3.8, 4) is 0 Å². The van der Waals surface area contributed by atoms with E-state index in [0.29, 0.717) is 11.1 Å². The van der Waals surface area contributed by atoms with Gasteiger partial charge in [-0.2, -0.15) is 0 Å². The van der Waals surface area contributed by atoms with Gasteiger partial charge in [-0.15, -0.1) is 0 Å². The van der Waals surface area contributed by atoms with Crippen LogP contribution in [0.3, 0.4) is 0 Å². The Hall–Kier alpha value is -3.21. The van der Waals surface area contributed by atoms with E-state index in [9.17, 15) is 14.4 Å². The summed E-state index contributed by atoms with van der Waals surface area (Å²) in [5.74, 6) is -1.23. The number of fused-ring (bicyclic) bond motifs is 1. The summed E-state index contributed by atoms with van der Waals surface area (Å²) in [5, 5.41) is 0. The highest BCUT2D eigenvalue weighted by atomic mass is 16.5. The molecule has 5 heteroatoms. The number of hydrogen-bond donors (Lipinski definition) is 0. The molecular formula is C22H20O5. The Bertz CT molecular complexity index is 893. The van der Waals surface area contributed by atoms with E-state index in [1.807, 2.05) is 12.1 Å². The Morgan fingerprint density at radius 1 is 0.963 bits per heavy atom. The topological polar surface area (TPSA) is 69.7 Å². The third kappa shape index (κ3) is 4.70. The molecule has 2 aromatic rings. The van der Waals surface area contributed by atoms with E-state index in [4.69, 9.17) is 4.74 Å². The third-order valence-electron chi connectivity index (χ3n) is 4.51. The van der Waals surface area contributed by atoms with Gasteiger partial charge in [0.05, 0.1) is 12.7 Å². The number of carbonyl (C=O) groups excluding carboxylic acids is 3. The molecule has 3 rings (SSSR count). The molecule has 0 N–H and O–H groups in total. The smallest absolute Gasteiger partial charge is 0.337 e. The maximum Gasteiger partial charge on any atom is 0.337 e.